The van der Waals surface area contributed by atoms with Gasteiger partial charge >= 0.3 is 0 Å². The van der Waals surface area contributed by atoms with E-state index in [1.54, 1.807) is 45.8 Å². The number of furan rings is 1. The van der Waals surface area contributed by atoms with E-state index in [9.17, 15) is 14.4 Å². The molecule has 1 aliphatic rings. The van der Waals surface area contributed by atoms with Crippen LogP contribution >= 0.6 is 0 Å². The second-order valence-corrected chi connectivity index (χ2v) is 10.2. The minimum absolute atomic E-state index is 0.0172. The molecule has 0 aliphatic heterocycles. The summed E-state index contributed by atoms with van der Waals surface area (Å²) in [6.07, 6.45) is 5.62. The summed E-state index contributed by atoms with van der Waals surface area (Å²) >= 11 is 0. The number of ether oxygens (including phenoxy) is 3. The highest BCUT2D eigenvalue weighted by atomic mass is 16.5. The molecule has 0 fully saturated rings. The molecule has 3 aromatic rings. The first-order valence-electron chi connectivity index (χ1n) is 14.2. The summed E-state index contributed by atoms with van der Waals surface area (Å²) in [5, 5.41) is 9.13. The Balaban J connectivity index is 1.51. The Morgan fingerprint density at radius 1 is 1.00 bits per heavy atom. The van der Waals surface area contributed by atoms with Crippen molar-refractivity contribution in [1.82, 2.24) is 10.6 Å². The average molecular weight is 578 g/mol. The van der Waals surface area contributed by atoms with Crippen LogP contribution in [0.15, 0.2) is 51.9 Å². The van der Waals surface area contributed by atoms with E-state index in [2.05, 4.69) is 16.0 Å². The van der Waals surface area contributed by atoms with Gasteiger partial charge in [-0.15, -0.1) is 0 Å². The van der Waals surface area contributed by atoms with E-state index in [1.165, 1.54) is 6.92 Å². The lowest BCUT2D eigenvalue weighted by Crippen LogP contribution is -2.26. The molecular formula is C32H39N3O7. The molecule has 0 spiro atoms. The van der Waals surface area contributed by atoms with Crippen LogP contribution in [0.25, 0.3) is 11.1 Å². The third-order valence-electron chi connectivity index (χ3n) is 7.35. The summed E-state index contributed by atoms with van der Waals surface area (Å²) in [6, 6.07) is 10.5. The highest BCUT2D eigenvalue weighted by molar-refractivity contribution is 5.83. The number of carbonyl (C=O) groups is 2. The van der Waals surface area contributed by atoms with E-state index >= 15 is 0 Å². The maximum absolute atomic E-state index is 13.4. The molecule has 3 N–H and O–H groups in total. The van der Waals surface area contributed by atoms with E-state index in [4.69, 9.17) is 18.6 Å². The third-order valence-corrected chi connectivity index (χ3v) is 7.35. The predicted molar refractivity (Wildman–Crippen MR) is 160 cm³/mol. The van der Waals surface area contributed by atoms with Gasteiger partial charge in [0.2, 0.25) is 23.0 Å². The molecule has 42 heavy (non-hydrogen) atoms. The fourth-order valence-corrected chi connectivity index (χ4v) is 5.35. The van der Waals surface area contributed by atoms with Gasteiger partial charge in [0.25, 0.3) is 0 Å². The van der Waals surface area contributed by atoms with Gasteiger partial charge in [0.15, 0.2) is 11.5 Å². The van der Waals surface area contributed by atoms with Gasteiger partial charge in [-0.1, -0.05) is 12.5 Å². The minimum atomic E-state index is -0.363. The Labute approximate surface area is 245 Å². The van der Waals surface area contributed by atoms with Crippen LogP contribution in [0.2, 0.25) is 0 Å². The van der Waals surface area contributed by atoms with Crippen molar-refractivity contribution in [1.29, 1.82) is 0 Å². The number of nitrogens with one attached hydrogen (secondary N) is 3. The van der Waals surface area contributed by atoms with Gasteiger partial charge < -0.3 is 34.6 Å². The minimum Gasteiger partial charge on any atom is -0.493 e. The third kappa shape index (κ3) is 7.23. The van der Waals surface area contributed by atoms with Gasteiger partial charge in [-0.2, -0.15) is 0 Å². The van der Waals surface area contributed by atoms with E-state index in [-0.39, 0.29) is 23.3 Å². The molecular weight excluding hydrogens is 538 g/mol. The number of hydrogen-bond donors (Lipinski definition) is 3. The van der Waals surface area contributed by atoms with E-state index in [0.29, 0.717) is 60.9 Å². The molecule has 10 nitrogen and oxygen atoms in total. The first kappa shape index (κ1) is 30.5. The lowest BCUT2D eigenvalue weighted by molar-refractivity contribution is -0.121. The highest BCUT2D eigenvalue weighted by Crippen LogP contribution is 2.50. The van der Waals surface area contributed by atoms with Crippen molar-refractivity contribution in [2.75, 3.05) is 33.2 Å². The molecule has 2 amide bonds. The number of aryl methyl sites for hydroxylation is 1. The normalized spacial score (nSPS) is 13.7. The zero-order chi connectivity index (χ0) is 30.1. The molecule has 1 unspecified atom stereocenters. The molecule has 2 aromatic carbocycles. The van der Waals surface area contributed by atoms with Crippen molar-refractivity contribution >= 4 is 17.5 Å². The number of anilines is 1. The number of fused-ring (bicyclic) bond motifs is 3. The molecule has 0 saturated carbocycles. The Bertz CT molecular complexity index is 1450. The van der Waals surface area contributed by atoms with E-state index in [0.717, 1.165) is 41.7 Å². The molecule has 0 radical (unpaired) electrons. The maximum atomic E-state index is 13.4. The van der Waals surface area contributed by atoms with Gasteiger partial charge in [-0.05, 0) is 72.7 Å². The predicted octanol–water partition coefficient (Wildman–Crippen LogP) is 4.74. The van der Waals surface area contributed by atoms with Crippen LogP contribution < -0.4 is 35.6 Å². The Morgan fingerprint density at radius 2 is 1.81 bits per heavy atom. The van der Waals surface area contributed by atoms with Crippen LogP contribution in [0.1, 0.15) is 62.0 Å². The smallest absolute Gasteiger partial charge is 0.220 e. The van der Waals surface area contributed by atoms with Gasteiger partial charge in [0.1, 0.15) is 5.76 Å². The highest BCUT2D eigenvalue weighted by Gasteiger charge is 2.29. The lowest BCUT2D eigenvalue weighted by Gasteiger charge is -2.19. The van der Waals surface area contributed by atoms with Crippen molar-refractivity contribution in [2.45, 2.75) is 58.0 Å². The largest absolute Gasteiger partial charge is 0.493 e. The van der Waals surface area contributed by atoms with Gasteiger partial charge in [-0.3, -0.25) is 14.4 Å². The van der Waals surface area contributed by atoms with Crippen molar-refractivity contribution in [3.8, 4) is 28.4 Å². The fraction of sp³-hybridized carbons (Fsp3) is 0.406. The van der Waals surface area contributed by atoms with Crippen molar-refractivity contribution in [3.05, 3.63) is 69.8 Å². The van der Waals surface area contributed by atoms with Crippen molar-refractivity contribution in [2.24, 2.45) is 0 Å². The molecule has 4 rings (SSSR count). The van der Waals surface area contributed by atoms with Crippen LogP contribution in [0.5, 0.6) is 17.2 Å². The van der Waals surface area contributed by atoms with Crippen LogP contribution in [0.3, 0.4) is 0 Å². The maximum Gasteiger partial charge on any atom is 0.220 e. The molecule has 224 valence electrons. The standard InChI is InChI=1S/C32H39N3O7/c1-20(36)35-25-13-11-21-17-28(39-2)31(40-3)32(41-4)30(21)23-12-14-26(27(37)18-24(23)25)33-15-7-5-6-10-29(38)34-19-22-9-8-16-42-22/h8-9,12,14,16-18,25H,5-7,10-11,13,15,19H2,1-4H3,(H,33,37)(H,34,38)(H,35,36). The first-order valence-corrected chi connectivity index (χ1v) is 14.2. The van der Waals surface area contributed by atoms with Gasteiger partial charge in [-0.25, -0.2) is 0 Å². The number of methoxy groups -OCH3 is 3. The number of hydrogen-bond acceptors (Lipinski definition) is 8. The SMILES string of the molecule is COc1cc2c(c(OC)c1OC)-c1ccc(NCCCCCC(=O)NCc3ccco3)c(=O)cc1C(NC(C)=O)CC2. The topological polar surface area (TPSA) is 128 Å². The molecule has 0 bridgehead atoms. The summed E-state index contributed by atoms with van der Waals surface area (Å²) < 4.78 is 22.3. The second-order valence-electron chi connectivity index (χ2n) is 10.2. The Morgan fingerprint density at radius 3 is 2.50 bits per heavy atom. The molecule has 1 heterocycles. The zero-order valence-corrected chi connectivity index (χ0v) is 24.6. The second kappa shape index (κ2) is 14.4. The molecule has 1 aromatic heterocycles. The number of carbonyl (C=O) groups excluding carboxylic acids is 2. The van der Waals surface area contributed by atoms with Crippen LogP contribution in [-0.2, 0) is 22.6 Å². The van der Waals surface area contributed by atoms with Crippen molar-refractivity contribution in [3.63, 3.8) is 0 Å². The summed E-state index contributed by atoms with van der Waals surface area (Å²) in [5.41, 5.74) is 3.57. The van der Waals surface area contributed by atoms with Crippen LogP contribution in [0.4, 0.5) is 5.69 Å². The van der Waals surface area contributed by atoms with E-state index in [1.807, 2.05) is 18.2 Å². The van der Waals surface area contributed by atoms with Crippen LogP contribution in [0, 0.1) is 0 Å². The zero-order valence-electron chi connectivity index (χ0n) is 24.6. The molecule has 10 heteroatoms. The lowest BCUT2D eigenvalue weighted by atomic mass is 9.95. The summed E-state index contributed by atoms with van der Waals surface area (Å²) in [7, 11) is 4.71. The molecule has 0 saturated heterocycles. The Kier molecular flexibility index (Phi) is 10.5. The summed E-state index contributed by atoms with van der Waals surface area (Å²) in [6.45, 7) is 2.44. The average Bonchev–Trinajstić information content (AvgIpc) is 3.40. The Hall–Kier alpha value is -4.47. The van der Waals surface area contributed by atoms with E-state index < -0.39 is 0 Å². The monoisotopic (exact) mass is 577 g/mol. The number of unbranched alkanes of at least 4 members (excludes halogenated alkanes) is 2. The van der Waals surface area contributed by atoms with Crippen LogP contribution in [-0.4, -0.2) is 39.7 Å². The fourth-order valence-electron chi connectivity index (χ4n) is 5.35. The number of benzene rings is 1. The summed E-state index contributed by atoms with van der Waals surface area (Å²) in [4.78, 5) is 37.6. The van der Waals surface area contributed by atoms with Gasteiger partial charge in [0, 0.05) is 25.5 Å². The number of rotatable bonds is 13. The molecule has 1 aliphatic carbocycles. The molecule has 1 atom stereocenters. The van der Waals surface area contributed by atoms with Crippen molar-refractivity contribution < 1.29 is 28.2 Å². The van der Waals surface area contributed by atoms with Gasteiger partial charge in [0.05, 0.1) is 45.9 Å². The first-order chi connectivity index (χ1) is 20.4. The number of amides is 2. The quantitative estimate of drug-likeness (QED) is 0.249. The summed E-state index contributed by atoms with van der Waals surface area (Å²) in [5.74, 6) is 2.05.